The van der Waals surface area contributed by atoms with Crippen molar-refractivity contribution in [3.63, 3.8) is 0 Å². The summed E-state index contributed by atoms with van der Waals surface area (Å²) >= 11 is 0. The minimum atomic E-state index is -1.29. The fraction of sp³-hybridized carbons (Fsp3) is 0.348. The van der Waals surface area contributed by atoms with E-state index in [1.54, 1.807) is 6.07 Å². The molecule has 2 aromatic rings. The molecule has 158 valence electrons. The number of nitrogens with one attached hydrogen (secondary N) is 2. The van der Waals surface area contributed by atoms with E-state index in [-0.39, 0.29) is 0 Å². The Morgan fingerprint density at radius 3 is 2.47 bits per heavy atom. The van der Waals surface area contributed by atoms with Gasteiger partial charge in [0.1, 0.15) is 17.9 Å². The number of urea groups is 1. The number of para-hydroxylation sites is 1. The highest BCUT2D eigenvalue weighted by Crippen LogP contribution is 2.34. The number of halogens is 1. The van der Waals surface area contributed by atoms with Crippen LogP contribution in [0.15, 0.2) is 48.5 Å². The number of benzene rings is 2. The third-order valence-corrected chi connectivity index (χ3v) is 5.39. The Morgan fingerprint density at radius 2 is 1.80 bits per heavy atom. The summed E-state index contributed by atoms with van der Waals surface area (Å²) in [5.74, 6) is -1.37. The molecule has 0 unspecified atom stereocenters. The SMILES string of the molecule is CCCC[C@]1(c2ccc(F)cc2)NC(=O)N(CC(=O)Nc2ccccc2CC)C1=O. The third-order valence-electron chi connectivity index (χ3n) is 5.39. The summed E-state index contributed by atoms with van der Waals surface area (Å²) in [5, 5.41) is 5.55. The summed E-state index contributed by atoms with van der Waals surface area (Å²) in [7, 11) is 0. The topological polar surface area (TPSA) is 78.5 Å². The zero-order chi connectivity index (χ0) is 21.7. The molecule has 30 heavy (non-hydrogen) atoms. The first kappa shape index (κ1) is 21.5. The highest BCUT2D eigenvalue weighted by Gasteiger charge is 2.52. The third kappa shape index (κ3) is 4.20. The Morgan fingerprint density at radius 1 is 1.10 bits per heavy atom. The molecule has 0 aliphatic carbocycles. The number of carbonyl (C=O) groups excluding carboxylic acids is 3. The second kappa shape index (κ2) is 9.07. The van der Waals surface area contributed by atoms with Crippen molar-refractivity contribution in [3.05, 3.63) is 65.5 Å². The molecule has 4 amide bonds. The second-order valence-corrected chi connectivity index (χ2v) is 7.40. The van der Waals surface area contributed by atoms with Crippen molar-refractivity contribution in [2.75, 3.05) is 11.9 Å². The molecule has 2 aromatic carbocycles. The molecule has 1 aliphatic rings. The average Bonchev–Trinajstić information content (AvgIpc) is 2.98. The molecule has 0 aromatic heterocycles. The molecule has 3 rings (SSSR count). The van der Waals surface area contributed by atoms with Gasteiger partial charge in [0.2, 0.25) is 5.91 Å². The van der Waals surface area contributed by atoms with Crippen LogP contribution in [0.5, 0.6) is 0 Å². The van der Waals surface area contributed by atoms with Crippen molar-refractivity contribution < 1.29 is 18.8 Å². The second-order valence-electron chi connectivity index (χ2n) is 7.40. The maximum absolute atomic E-state index is 13.4. The summed E-state index contributed by atoms with van der Waals surface area (Å²) < 4.78 is 13.4. The van der Waals surface area contributed by atoms with E-state index in [0.717, 1.165) is 23.3 Å². The number of rotatable bonds is 8. The van der Waals surface area contributed by atoms with Crippen molar-refractivity contribution in [2.45, 2.75) is 45.1 Å². The number of carbonyl (C=O) groups is 3. The van der Waals surface area contributed by atoms with Crippen molar-refractivity contribution >= 4 is 23.5 Å². The fourth-order valence-corrected chi connectivity index (χ4v) is 3.74. The first-order chi connectivity index (χ1) is 14.4. The number of hydrogen-bond acceptors (Lipinski definition) is 3. The van der Waals surface area contributed by atoms with Crippen molar-refractivity contribution in [3.8, 4) is 0 Å². The van der Waals surface area contributed by atoms with Crippen LogP contribution in [0, 0.1) is 5.82 Å². The minimum Gasteiger partial charge on any atom is -0.324 e. The van der Waals surface area contributed by atoms with Crippen LogP contribution >= 0.6 is 0 Å². The van der Waals surface area contributed by atoms with Gasteiger partial charge in [0, 0.05) is 5.69 Å². The Kier molecular flexibility index (Phi) is 6.50. The Balaban J connectivity index is 1.82. The smallest absolute Gasteiger partial charge is 0.324 e. The molecule has 0 radical (unpaired) electrons. The van der Waals surface area contributed by atoms with E-state index in [1.165, 1.54) is 24.3 Å². The van der Waals surface area contributed by atoms with Gasteiger partial charge in [-0.2, -0.15) is 0 Å². The lowest BCUT2D eigenvalue weighted by molar-refractivity contribution is -0.134. The quantitative estimate of drug-likeness (QED) is 0.646. The van der Waals surface area contributed by atoms with Gasteiger partial charge in [0.15, 0.2) is 0 Å². The van der Waals surface area contributed by atoms with Gasteiger partial charge in [0.05, 0.1) is 0 Å². The maximum Gasteiger partial charge on any atom is 0.325 e. The molecule has 0 bridgehead atoms. The van der Waals surface area contributed by atoms with Crippen molar-refractivity contribution in [1.29, 1.82) is 0 Å². The molecule has 2 N–H and O–H groups in total. The molecule has 1 saturated heterocycles. The van der Waals surface area contributed by atoms with Crippen LogP contribution in [-0.2, 0) is 21.5 Å². The number of amides is 4. The number of anilines is 1. The van der Waals surface area contributed by atoms with Gasteiger partial charge in [-0.25, -0.2) is 9.18 Å². The van der Waals surface area contributed by atoms with Gasteiger partial charge >= 0.3 is 6.03 Å². The summed E-state index contributed by atoms with van der Waals surface area (Å²) in [5.41, 5.74) is 0.844. The van der Waals surface area contributed by atoms with Crippen LogP contribution in [-0.4, -0.2) is 29.3 Å². The lowest BCUT2D eigenvalue weighted by atomic mass is 9.85. The molecule has 0 saturated carbocycles. The minimum absolute atomic E-state index is 0.372. The van der Waals surface area contributed by atoms with Gasteiger partial charge in [-0.15, -0.1) is 0 Å². The van der Waals surface area contributed by atoms with E-state index in [2.05, 4.69) is 10.6 Å². The van der Waals surface area contributed by atoms with Crippen LogP contribution in [0.3, 0.4) is 0 Å². The Bertz CT molecular complexity index is 945. The monoisotopic (exact) mass is 411 g/mol. The molecule has 0 spiro atoms. The lowest BCUT2D eigenvalue weighted by Gasteiger charge is -2.27. The number of imide groups is 1. The zero-order valence-corrected chi connectivity index (χ0v) is 17.2. The van der Waals surface area contributed by atoms with Crippen LogP contribution in [0.4, 0.5) is 14.9 Å². The highest BCUT2D eigenvalue weighted by molar-refractivity contribution is 6.10. The van der Waals surface area contributed by atoms with Crippen LogP contribution in [0.2, 0.25) is 0 Å². The van der Waals surface area contributed by atoms with Crippen LogP contribution < -0.4 is 10.6 Å². The first-order valence-electron chi connectivity index (χ1n) is 10.2. The number of aryl methyl sites for hydroxylation is 1. The van der Waals surface area contributed by atoms with Gasteiger partial charge in [0.25, 0.3) is 5.91 Å². The molecule has 7 heteroatoms. The van der Waals surface area contributed by atoms with E-state index in [1.807, 2.05) is 32.0 Å². The molecular weight excluding hydrogens is 385 g/mol. The summed E-state index contributed by atoms with van der Waals surface area (Å²) in [6.07, 6.45) is 2.62. The predicted octanol–water partition coefficient (Wildman–Crippen LogP) is 3.96. The first-order valence-corrected chi connectivity index (χ1v) is 10.2. The number of hydrogen-bond donors (Lipinski definition) is 2. The van der Waals surface area contributed by atoms with Gasteiger partial charge < -0.3 is 10.6 Å². The van der Waals surface area contributed by atoms with Gasteiger partial charge in [-0.1, -0.05) is 57.0 Å². The van der Waals surface area contributed by atoms with E-state index in [9.17, 15) is 18.8 Å². The molecule has 1 aliphatic heterocycles. The highest BCUT2D eigenvalue weighted by atomic mass is 19.1. The molecule has 1 atom stereocenters. The fourth-order valence-electron chi connectivity index (χ4n) is 3.74. The lowest BCUT2D eigenvalue weighted by Crippen LogP contribution is -2.44. The van der Waals surface area contributed by atoms with Crippen LogP contribution in [0.25, 0.3) is 0 Å². The zero-order valence-electron chi connectivity index (χ0n) is 17.2. The number of unbranched alkanes of at least 4 members (excludes halogenated alkanes) is 1. The average molecular weight is 411 g/mol. The summed E-state index contributed by atoms with van der Waals surface area (Å²) in [6.45, 7) is 3.57. The summed E-state index contributed by atoms with van der Waals surface area (Å²) in [4.78, 5) is 39.5. The van der Waals surface area contributed by atoms with Gasteiger partial charge in [-0.3, -0.25) is 14.5 Å². The van der Waals surface area contributed by atoms with E-state index in [0.29, 0.717) is 24.1 Å². The van der Waals surface area contributed by atoms with Crippen molar-refractivity contribution in [2.24, 2.45) is 0 Å². The maximum atomic E-state index is 13.4. The normalized spacial score (nSPS) is 18.4. The molecule has 1 heterocycles. The Labute approximate surface area is 175 Å². The van der Waals surface area contributed by atoms with E-state index in [4.69, 9.17) is 0 Å². The molecule has 6 nitrogen and oxygen atoms in total. The van der Waals surface area contributed by atoms with Gasteiger partial charge in [-0.05, 0) is 42.2 Å². The van der Waals surface area contributed by atoms with Crippen LogP contribution in [0.1, 0.15) is 44.2 Å². The molecular formula is C23H26FN3O3. The number of nitrogens with zero attached hydrogens (tertiary/aromatic N) is 1. The standard InChI is InChI=1S/C23H26FN3O3/c1-3-5-14-23(17-10-12-18(24)13-11-17)21(29)27(22(30)26-23)15-20(28)25-19-9-7-6-8-16(19)4-2/h6-13H,3-5,14-15H2,1-2H3,(H,25,28)(H,26,30)/t23-/m1/s1. The Hall–Kier alpha value is -3.22. The summed E-state index contributed by atoms with van der Waals surface area (Å²) in [6, 6.07) is 12.3. The van der Waals surface area contributed by atoms with E-state index < -0.39 is 35.7 Å². The predicted molar refractivity (Wildman–Crippen MR) is 112 cm³/mol. The molecule has 1 fully saturated rings. The largest absolute Gasteiger partial charge is 0.325 e. The van der Waals surface area contributed by atoms with Crippen molar-refractivity contribution in [1.82, 2.24) is 10.2 Å². The van der Waals surface area contributed by atoms with E-state index >= 15 is 0 Å².